The highest BCUT2D eigenvalue weighted by Gasteiger charge is 2.25. The Balaban J connectivity index is 1.10. The van der Waals surface area contributed by atoms with Crippen LogP contribution in [0.25, 0.3) is 10.9 Å². The third-order valence-corrected chi connectivity index (χ3v) is 7.04. The molecular weight excluding hydrogens is 372 g/mol. The average Bonchev–Trinajstić information content (AvgIpc) is 3.12. The molecule has 0 atom stereocenters. The van der Waals surface area contributed by atoms with Crippen LogP contribution in [0.4, 0.5) is 0 Å². The second kappa shape index (κ2) is 10.5. The molecule has 0 bridgehead atoms. The van der Waals surface area contributed by atoms with Crippen LogP contribution < -0.4 is 5.32 Å². The van der Waals surface area contributed by atoms with Crippen molar-refractivity contribution in [3.05, 3.63) is 36.0 Å². The summed E-state index contributed by atoms with van der Waals surface area (Å²) in [5.74, 6) is 0.173. The molecule has 30 heavy (non-hydrogen) atoms. The van der Waals surface area contributed by atoms with Crippen LogP contribution >= 0.6 is 0 Å². The number of amides is 1. The SMILES string of the molecule is Cn1cc(CCC(=O)NCCCN2CCC(N3CCCCC3)CC2)c2ccccc21. The fraction of sp³-hybridized carbons (Fsp3) is 0.640. The fourth-order valence-electron chi connectivity index (χ4n) is 5.28. The van der Waals surface area contributed by atoms with Crippen molar-refractivity contribution < 1.29 is 4.79 Å². The Kier molecular flexibility index (Phi) is 7.45. The van der Waals surface area contributed by atoms with Gasteiger partial charge in [-0.3, -0.25) is 4.79 Å². The molecule has 1 amide bonds. The standard InChI is InChI=1S/C25H38N4O/c1-27-20-21(23-8-3-4-9-24(23)27)10-11-25(30)26-14-7-15-28-18-12-22(13-19-28)29-16-5-2-6-17-29/h3-4,8-9,20,22H,2,5-7,10-19H2,1H3,(H,26,30). The van der Waals surface area contributed by atoms with E-state index >= 15 is 0 Å². The van der Waals surface area contributed by atoms with E-state index in [-0.39, 0.29) is 5.91 Å². The van der Waals surface area contributed by atoms with Gasteiger partial charge in [0.1, 0.15) is 0 Å². The smallest absolute Gasteiger partial charge is 0.220 e. The van der Waals surface area contributed by atoms with Gasteiger partial charge in [0.2, 0.25) is 5.91 Å². The van der Waals surface area contributed by atoms with Crippen LogP contribution in [0, 0.1) is 0 Å². The van der Waals surface area contributed by atoms with Crippen molar-refractivity contribution in [3.63, 3.8) is 0 Å². The molecule has 4 rings (SSSR count). The summed E-state index contributed by atoms with van der Waals surface area (Å²) < 4.78 is 2.15. The zero-order valence-electron chi connectivity index (χ0n) is 18.6. The molecule has 2 saturated heterocycles. The van der Waals surface area contributed by atoms with Gasteiger partial charge in [-0.25, -0.2) is 0 Å². The van der Waals surface area contributed by atoms with Gasteiger partial charge in [0.15, 0.2) is 0 Å². The Morgan fingerprint density at radius 1 is 1.07 bits per heavy atom. The molecule has 1 aromatic carbocycles. The van der Waals surface area contributed by atoms with Crippen LogP contribution in [-0.4, -0.2) is 65.6 Å². The molecular formula is C25H38N4O. The van der Waals surface area contributed by atoms with Crippen LogP contribution in [0.3, 0.4) is 0 Å². The van der Waals surface area contributed by atoms with Crippen molar-refractivity contribution in [2.24, 2.45) is 7.05 Å². The summed E-state index contributed by atoms with van der Waals surface area (Å²) in [5.41, 5.74) is 2.50. The topological polar surface area (TPSA) is 40.5 Å². The van der Waals surface area contributed by atoms with E-state index < -0.39 is 0 Å². The van der Waals surface area contributed by atoms with E-state index in [4.69, 9.17) is 0 Å². The number of hydrogen-bond acceptors (Lipinski definition) is 3. The zero-order chi connectivity index (χ0) is 20.8. The zero-order valence-corrected chi connectivity index (χ0v) is 18.6. The maximum atomic E-state index is 12.3. The molecule has 2 aliphatic rings. The lowest BCUT2D eigenvalue weighted by Crippen LogP contribution is -2.47. The van der Waals surface area contributed by atoms with E-state index in [0.717, 1.165) is 32.0 Å². The van der Waals surface area contributed by atoms with Gasteiger partial charge in [0.25, 0.3) is 0 Å². The minimum Gasteiger partial charge on any atom is -0.356 e. The Bertz CT molecular complexity index is 816. The minimum atomic E-state index is 0.173. The predicted molar refractivity (Wildman–Crippen MR) is 124 cm³/mol. The molecule has 2 aromatic rings. The highest BCUT2D eigenvalue weighted by molar-refractivity contribution is 5.84. The number of likely N-dealkylation sites (tertiary alicyclic amines) is 2. The normalized spacial score (nSPS) is 19.4. The lowest BCUT2D eigenvalue weighted by atomic mass is 10.00. The number of aromatic nitrogens is 1. The van der Waals surface area contributed by atoms with Gasteiger partial charge >= 0.3 is 0 Å². The molecule has 1 aromatic heterocycles. The molecule has 5 nitrogen and oxygen atoms in total. The largest absolute Gasteiger partial charge is 0.356 e. The van der Waals surface area contributed by atoms with E-state index in [0.29, 0.717) is 6.42 Å². The molecule has 2 fully saturated rings. The first-order valence-corrected chi connectivity index (χ1v) is 12.0. The van der Waals surface area contributed by atoms with Crippen molar-refractivity contribution in [1.29, 1.82) is 0 Å². The number of nitrogens with one attached hydrogen (secondary N) is 1. The summed E-state index contributed by atoms with van der Waals surface area (Å²) >= 11 is 0. The lowest BCUT2D eigenvalue weighted by Gasteiger charge is -2.40. The summed E-state index contributed by atoms with van der Waals surface area (Å²) in [6.45, 7) is 6.97. The van der Waals surface area contributed by atoms with E-state index in [2.05, 4.69) is 57.2 Å². The first kappa shape index (κ1) is 21.4. The molecule has 3 heterocycles. The molecule has 5 heteroatoms. The number of carbonyl (C=O) groups is 1. The lowest BCUT2D eigenvalue weighted by molar-refractivity contribution is -0.121. The Labute approximate surface area is 181 Å². The molecule has 0 unspecified atom stereocenters. The Hall–Kier alpha value is -1.85. The maximum absolute atomic E-state index is 12.3. The minimum absolute atomic E-state index is 0.173. The number of carbonyl (C=O) groups excluding carboxylic acids is 1. The highest BCUT2D eigenvalue weighted by atomic mass is 16.1. The van der Waals surface area contributed by atoms with E-state index in [9.17, 15) is 4.79 Å². The molecule has 1 N–H and O–H groups in total. The van der Waals surface area contributed by atoms with Crippen molar-refractivity contribution >= 4 is 16.8 Å². The van der Waals surface area contributed by atoms with Crippen molar-refractivity contribution in [2.45, 2.75) is 57.4 Å². The van der Waals surface area contributed by atoms with E-state index in [1.165, 1.54) is 74.7 Å². The van der Waals surface area contributed by atoms with Gasteiger partial charge in [0.05, 0.1) is 0 Å². The number of piperidine rings is 2. The predicted octanol–water partition coefficient (Wildman–Crippen LogP) is 3.57. The molecule has 164 valence electrons. The summed E-state index contributed by atoms with van der Waals surface area (Å²) in [7, 11) is 2.07. The number of fused-ring (bicyclic) bond motifs is 1. The number of rotatable bonds is 8. The monoisotopic (exact) mass is 410 g/mol. The third kappa shape index (κ3) is 5.44. The van der Waals surface area contributed by atoms with Gasteiger partial charge < -0.3 is 19.7 Å². The summed E-state index contributed by atoms with van der Waals surface area (Å²) in [6, 6.07) is 9.23. The first-order chi connectivity index (χ1) is 14.7. The van der Waals surface area contributed by atoms with E-state index in [1.807, 2.05) is 0 Å². The van der Waals surface area contributed by atoms with E-state index in [1.54, 1.807) is 0 Å². The summed E-state index contributed by atoms with van der Waals surface area (Å²) in [6.07, 6.45) is 11.4. The molecule has 0 saturated carbocycles. The van der Waals surface area contributed by atoms with Crippen molar-refractivity contribution in [1.82, 2.24) is 19.7 Å². The molecule has 0 spiro atoms. The number of para-hydroxylation sites is 1. The number of hydrogen-bond donors (Lipinski definition) is 1. The van der Waals surface area contributed by atoms with Crippen molar-refractivity contribution in [2.75, 3.05) is 39.3 Å². The van der Waals surface area contributed by atoms with Gasteiger partial charge in [-0.1, -0.05) is 24.6 Å². The van der Waals surface area contributed by atoms with Crippen LogP contribution in [0.2, 0.25) is 0 Å². The first-order valence-electron chi connectivity index (χ1n) is 12.0. The number of benzene rings is 1. The number of nitrogens with zero attached hydrogens (tertiary/aromatic N) is 3. The maximum Gasteiger partial charge on any atom is 0.220 e. The summed E-state index contributed by atoms with van der Waals surface area (Å²) in [4.78, 5) is 17.6. The quantitative estimate of drug-likeness (QED) is 0.677. The van der Waals surface area contributed by atoms with Crippen LogP contribution in [0.1, 0.15) is 50.5 Å². The third-order valence-electron chi connectivity index (χ3n) is 7.04. The van der Waals surface area contributed by atoms with Gasteiger partial charge in [0, 0.05) is 43.2 Å². The van der Waals surface area contributed by atoms with Crippen molar-refractivity contribution in [3.8, 4) is 0 Å². The Morgan fingerprint density at radius 2 is 1.83 bits per heavy atom. The fourth-order valence-corrected chi connectivity index (χ4v) is 5.28. The molecule has 0 radical (unpaired) electrons. The molecule has 0 aliphatic carbocycles. The average molecular weight is 411 g/mol. The van der Waals surface area contributed by atoms with Crippen LogP contribution in [-0.2, 0) is 18.3 Å². The van der Waals surface area contributed by atoms with Gasteiger partial charge in [-0.05, 0) is 82.9 Å². The van der Waals surface area contributed by atoms with Gasteiger partial charge in [-0.15, -0.1) is 0 Å². The second-order valence-electron chi connectivity index (χ2n) is 9.16. The second-order valence-corrected chi connectivity index (χ2v) is 9.16. The number of aryl methyl sites for hydroxylation is 2. The highest BCUT2D eigenvalue weighted by Crippen LogP contribution is 2.22. The van der Waals surface area contributed by atoms with Crippen LogP contribution in [0.5, 0.6) is 0 Å². The molecule has 2 aliphatic heterocycles. The van der Waals surface area contributed by atoms with Crippen LogP contribution in [0.15, 0.2) is 30.5 Å². The summed E-state index contributed by atoms with van der Waals surface area (Å²) in [5, 5.41) is 4.39. The van der Waals surface area contributed by atoms with Gasteiger partial charge in [-0.2, -0.15) is 0 Å². The Morgan fingerprint density at radius 3 is 2.63 bits per heavy atom.